The van der Waals surface area contributed by atoms with Crippen LogP contribution in [0.15, 0.2) is 53.0 Å². The number of hydrogen-bond donors (Lipinski definition) is 1. The summed E-state index contributed by atoms with van der Waals surface area (Å²) >= 11 is 3.37. The predicted octanol–water partition coefficient (Wildman–Crippen LogP) is 3.88. The molecule has 0 aliphatic carbocycles. The van der Waals surface area contributed by atoms with Crippen LogP contribution < -0.4 is 10.1 Å². The highest BCUT2D eigenvalue weighted by atomic mass is 79.9. The number of ether oxygens (including phenoxy) is 1. The number of methoxy groups -OCH3 is 1. The highest BCUT2D eigenvalue weighted by molar-refractivity contribution is 9.10. The van der Waals surface area contributed by atoms with E-state index in [2.05, 4.69) is 21.2 Å². The average Bonchev–Trinajstić information content (AvgIpc) is 2.73. The van der Waals surface area contributed by atoms with Gasteiger partial charge in [0, 0.05) is 23.5 Å². The van der Waals surface area contributed by atoms with Crippen molar-refractivity contribution in [1.29, 1.82) is 0 Å². The van der Waals surface area contributed by atoms with Gasteiger partial charge in [-0.25, -0.2) is 12.7 Å². The van der Waals surface area contributed by atoms with Gasteiger partial charge in [0.05, 0.1) is 18.9 Å². The number of hydrogen-bond acceptors (Lipinski definition) is 4. The first kappa shape index (κ1) is 22.8. The molecule has 1 heterocycles. The Bertz CT molecular complexity index is 971. The van der Waals surface area contributed by atoms with Crippen LogP contribution in [0.25, 0.3) is 0 Å². The molecule has 1 aliphatic rings. The number of amides is 1. The van der Waals surface area contributed by atoms with Gasteiger partial charge in [-0.1, -0.05) is 40.2 Å². The van der Waals surface area contributed by atoms with Crippen molar-refractivity contribution in [2.24, 2.45) is 5.92 Å². The van der Waals surface area contributed by atoms with E-state index in [0.29, 0.717) is 25.9 Å². The third kappa shape index (κ3) is 5.83. The van der Waals surface area contributed by atoms with Crippen molar-refractivity contribution in [1.82, 2.24) is 9.62 Å². The molecule has 2 aromatic carbocycles. The second-order valence-corrected chi connectivity index (χ2v) is 10.4. The maximum absolute atomic E-state index is 12.8. The van der Waals surface area contributed by atoms with Crippen LogP contribution in [0.3, 0.4) is 0 Å². The smallest absolute Gasteiger partial charge is 0.223 e. The minimum absolute atomic E-state index is 0.0256. The van der Waals surface area contributed by atoms with Crippen LogP contribution in [-0.4, -0.2) is 38.8 Å². The van der Waals surface area contributed by atoms with Gasteiger partial charge in [-0.05, 0) is 55.2 Å². The summed E-state index contributed by atoms with van der Waals surface area (Å²) in [6.07, 6.45) is 1.05. The Morgan fingerprint density at radius 2 is 1.87 bits per heavy atom. The number of rotatable bonds is 7. The van der Waals surface area contributed by atoms with Gasteiger partial charge in [-0.2, -0.15) is 0 Å². The summed E-state index contributed by atoms with van der Waals surface area (Å²) in [7, 11) is -1.79. The van der Waals surface area contributed by atoms with E-state index in [0.717, 1.165) is 21.3 Å². The van der Waals surface area contributed by atoms with Gasteiger partial charge in [0.15, 0.2) is 0 Å². The minimum atomic E-state index is -3.41. The maximum Gasteiger partial charge on any atom is 0.223 e. The zero-order chi connectivity index (χ0) is 21.7. The summed E-state index contributed by atoms with van der Waals surface area (Å²) < 4.78 is 33.0. The van der Waals surface area contributed by atoms with Crippen molar-refractivity contribution in [3.63, 3.8) is 0 Å². The van der Waals surface area contributed by atoms with Crippen LogP contribution in [0, 0.1) is 5.92 Å². The first-order valence-corrected chi connectivity index (χ1v) is 12.4. The molecule has 0 radical (unpaired) electrons. The summed E-state index contributed by atoms with van der Waals surface area (Å²) in [4.78, 5) is 12.7. The summed E-state index contributed by atoms with van der Waals surface area (Å²) in [5.74, 6) is 0.539. The number of nitrogens with zero attached hydrogens (tertiary/aromatic N) is 1. The van der Waals surface area contributed by atoms with E-state index in [1.165, 1.54) is 4.31 Å². The Morgan fingerprint density at radius 1 is 1.20 bits per heavy atom. The largest absolute Gasteiger partial charge is 0.497 e. The predicted molar refractivity (Wildman–Crippen MR) is 121 cm³/mol. The van der Waals surface area contributed by atoms with Crippen molar-refractivity contribution in [3.8, 4) is 5.75 Å². The summed E-state index contributed by atoms with van der Waals surface area (Å²) in [5, 5.41) is 3.05. The first-order valence-electron chi connectivity index (χ1n) is 9.95. The third-order valence-corrected chi connectivity index (χ3v) is 7.77. The molecule has 0 saturated carbocycles. The molecule has 1 atom stereocenters. The van der Waals surface area contributed by atoms with Crippen LogP contribution in [0.5, 0.6) is 5.75 Å². The molecule has 6 nitrogen and oxygen atoms in total. The van der Waals surface area contributed by atoms with E-state index >= 15 is 0 Å². The molecule has 0 bridgehead atoms. The van der Waals surface area contributed by atoms with Crippen molar-refractivity contribution in [2.75, 3.05) is 20.2 Å². The molecule has 1 unspecified atom stereocenters. The Labute approximate surface area is 186 Å². The zero-order valence-corrected chi connectivity index (χ0v) is 19.6. The highest BCUT2D eigenvalue weighted by Crippen LogP contribution is 2.24. The lowest BCUT2D eigenvalue weighted by molar-refractivity contribution is -0.126. The highest BCUT2D eigenvalue weighted by Gasteiger charge is 2.31. The van der Waals surface area contributed by atoms with Gasteiger partial charge in [-0.3, -0.25) is 4.79 Å². The molecular weight excluding hydrogens is 468 g/mol. The fourth-order valence-corrected chi connectivity index (χ4v) is 5.63. The number of nitrogens with one attached hydrogen (secondary N) is 1. The number of carbonyl (C=O) groups is 1. The molecule has 1 fully saturated rings. The molecular formula is C22H27BrN2O4S. The fourth-order valence-electron chi connectivity index (χ4n) is 3.63. The molecule has 30 heavy (non-hydrogen) atoms. The third-order valence-electron chi connectivity index (χ3n) is 5.43. The summed E-state index contributed by atoms with van der Waals surface area (Å²) in [5.41, 5.74) is 1.75. The summed E-state index contributed by atoms with van der Waals surface area (Å²) in [6, 6.07) is 14.8. The van der Waals surface area contributed by atoms with E-state index in [4.69, 9.17) is 4.74 Å². The lowest BCUT2D eigenvalue weighted by Gasteiger charge is -2.31. The quantitative estimate of drug-likeness (QED) is 0.633. The van der Waals surface area contributed by atoms with Gasteiger partial charge >= 0.3 is 0 Å². The Balaban J connectivity index is 1.53. The second kappa shape index (κ2) is 9.94. The number of benzene rings is 2. The van der Waals surface area contributed by atoms with Crippen molar-refractivity contribution >= 4 is 31.9 Å². The topological polar surface area (TPSA) is 75.7 Å². The maximum atomic E-state index is 12.8. The van der Waals surface area contributed by atoms with Crippen molar-refractivity contribution in [2.45, 2.75) is 31.6 Å². The number of carbonyl (C=O) groups excluding carboxylic acids is 1. The fraction of sp³-hybridized carbons (Fsp3) is 0.409. The van der Waals surface area contributed by atoms with E-state index in [1.54, 1.807) is 7.11 Å². The van der Waals surface area contributed by atoms with E-state index in [1.807, 2.05) is 55.5 Å². The van der Waals surface area contributed by atoms with Crippen LogP contribution in [0.4, 0.5) is 0 Å². The van der Waals surface area contributed by atoms with Crippen molar-refractivity contribution < 1.29 is 17.9 Å². The lowest BCUT2D eigenvalue weighted by Crippen LogP contribution is -2.43. The van der Waals surface area contributed by atoms with Gasteiger partial charge in [-0.15, -0.1) is 0 Å². The van der Waals surface area contributed by atoms with Crippen LogP contribution in [0.2, 0.25) is 0 Å². The molecule has 1 saturated heterocycles. The molecule has 1 aliphatic heterocycles. The average molecular weight is 495 g/mol. The van der Waals surface area contributed by atoms with E-state index in [-0.39, 0.29) is 23.6 Å². The standard InChI is InChI=1S/C22H27BrN2O4S/c1-16(18-6-8-21(29-2)9-7-18)24-22(26)19-10-12-25(13-11-19)30(27,28)15-17-4-3-5-20(23)14-17/h3-9,14,16,19H,10-13,15H2,1-2H3,(H,24,26). The minimum Gasteiger partial charge on any atom is -0.497 e. The van der Waals surface area contributed by atoms with E-state index < -0.39 is 10.0 Å². The molecule has 2 aromatic rings. The molecule has 1 amide bonds. The van der Waals surface area contributed by atoms with Crippen LogP contribution in [-0.2, 0) is 20.6 Å². The van der Waals surface area contributed by atoms with Gasteiger partial charge < -0.3 is 10.1 Å². The Kier molecular flexibility index (Phi) is 7.55. The lowest BCUT2D eigenvalue weighted by atomic mass is 9.96. The summed E-state index contributed by atoms with van der Waals surface area (Å²) in [6.45, 7) is 2.67. The number of halogens is 1. The zero-order valence-electron chi connectivity index (χ0n) is 17.2. The van der Waals surface area contributed by atoms with Gasteiger partial charge in [0.2, 0.25) is 15.9 Å². The molecule has 1 N–H and O–H groups in total. The first-order chi connectivity index (χ1) is 14.3. The second-order valence-electron chi connectivity index (χ2n) is 7.56. The molecule has 162 valence electrons. The van der Waals surface area contributed by atoms with Crippen LogP contribution >= 0.6 is 15.9 Å². The number of sulfonamides is 1. The van der Waals surface area contributed by atoms with E-state index in [9.17, 15) is 13.2 Å². The molecule has 0 spiro atoms. The SMILES string of the molecule is COc1ccc(C(C)NC(=O)C2CCN(S(=O)(=O)Cc3cccc(Br)c3)CC2)cc1. The molecule has 0 aromatic heterocycles. The normalized spacial score (nSPS) is 16.8. The number of piperidine rings is 1. The molecule has 8 heteroatoms. The van der Waals surface area contributed by atoms with Gasteiger partial charge in [0.1, 0.15) is 5.75 Å². The Hall–Kier alpha value is -1.90. The van der Waals surface area contributed by atoms with Gasteiger partial charge in [0.25, 0.3) is 0 Å². The van der Waals surface area contributed by atoms with Crippen molar-refractivity contribution in [3.05, 3.63) is 64.1 Å². The monoisotopic (exact) mass is 494 g/mol. The molecule has 3 rings (SSSR count). The van der Waals surface area contributed by atoms with Crippen LogP contribution in [0.1, 0.15) is 36.9 Å². The Morgan fingerprint density at radius 3 is 2.47 bits per heavy atom.